The van der Waals surface area contributed by atoms with Gasteiger partial charge in [0.2, 0.25) is 10.0 Å². The van der Waals surface area contributed by atoms with Crippen molar-refractivity contribution in [2.45, 2.75) is 23.8 Å². The van der Waals surface area contributed by atoms with Crippen LogP contribution >= 0.6 is 0 Å². The van der Waals surface area contributed by atoms with Gasteiger partial charge in [-0.3, -0.25) is 4.79 Å². The summed E-state index contributed by atoms with van der Waals surface area (Å²) in [7, 11) is -3.73. The van der Waals surface area contributed by atoms with Crippen LogP contribution in [0, 0.1) is 11.3 Å². The van der Waals surface area contributed by atoms with Crippen molar-refractivity contribution in [3.05, 3.63) is 71.9 Å². The Bertz CT molecular complexity index is 1500. The molecule has 11 heteroatoms. The number of morpholine rings is 1. The molecule has 2 saturated heterocycles. The molecule has 1 N–H and O–H groups in total. The zero-order chi connectivity index (χ0) is 27.2. The second-order valence-corrected chi connectivity index (χ2v) is 11.2. The van der Waals surface area contributed by atoms with Crippen LogP contribution in [0.1, 0.15) is 18.4 Å². The Morgan fingerprint density at radius 2 is 1.92 bits per heavy atom. The first-order chi connectivity index (χ1) is 19.0. The van der Waals surface area contributed by atoms with E-state index in [4.69, 9.17) is 14.6 Å². The summed E-state index contributed by atoms with van der Waals surface area (Å²) in [6, 6.07) is 17.9. The maximum Gasteiger partial charge on any atom is 0.262 e. The average Bonchev–Trinajstić information content (AvgIpc) is 3.66. The topological polar surface area (TPSA) is 127 Å². The molecule has 2 aliphatic rings. The first-order valence-electron chi connectivity index (χ1n) is 12.8. The fourth-order valence-corrected chi connectivity index (χ4v) is 6.04. The number of amides is 1. The van der Waals surface area contributed by atoms with Gasteiger partial charge in [0, 0.05) is 43.6 Å². The predicted molar refractivity (Wildman–Crippen MR) is 144 cm³/mol. The molecule has 0 spiro atoms. The second-order valence-electron chi connectivity index (χ2n) is 9.27. The Hall–Kier alpha value is -3.82. The van der Waals surface area contributed by atoms with Crippen LogP contribution < -0.4 is 5.32 Å². The number of hydrogen-bond donors (Lipinski definition) is 1. The Kier molecular flexibility index (Phi) is 8.18. The van der Waals surface area contributed by atoms with Gasteiger partial charge in [0.25, 0.3) is 5.91 Å². The minimum Gasteiger partial charge on any atom is -0.379 e. The summed E-state index contributed by atoms with van der Waals surface area (Å²) in [5, 5.41) is 17.3. The summed E-state index contributed by atoms with van der Waals surface area (Å²) >= 11 is 0. The van der Waals surface area contributed by atoms with Crippen molar-refractivity contribution in [1.29, 1.82) is 5.26 Å². The van der Waals surface area contributed by atoms with Gasteiger partial charge in [-0.25, -0.2) is 13.1 Å². The minimum atomic E-state index is -3.73. The number of para-hydroxylation sites is 1. The van der Waals surface area contributed by atoms with E-state index in [-0.39, 0.29) is 29.7 Å². The normalized spacial score (nSPS) is 18.5. The van der Waals surface area contributed by atoms with E-state index in [0.29, 0.717) is 43.2 Å². The van der Waals surface area contributed by atoms with Crippen LogP contribution in [0.4, 0.5) is 0 Å². The van der Waals surface area contributed by atoms with Crippen LogP contribution in [0.3, 0.4) is 0 Å². The first-order valence-corrected chi connectivity index (χ1v) is 14.2. The van der Waals surface area contributed by atoms with Gasteiger partial charge in [0.1, 0.15) is 17.3 Å². The number of rotatable bonds is 8. The third kappa shape index (κ3) is 6.10. The standard InChI is InChI=1S/C28H29N5O5S/c29-18-22(28(34)30-19-25-9-5-13-38-25)16-23-20-33(24-7-2-1-3-8-24)31-27(23)21-6-4-10-26(17-21)39(35,36)32-11-14-37-15-12-32/h1-4,6-8,10,16-17,20,25H,5,9,11-15,19H2,(H,30,34)/b22-16+. The van der Waals surface area contributed by atoms with Crippen LogP contribution in [0.15, 0.2) is 71.3 Å². The summed E-state index contributed by atoms with van der Waals surface area (Å²) in [6.07, 6.45) is 4.96. The van der Waals surface area contributed by atoms with Crippen molar-refractivity contribution in [3.63, 3.8) is 0 Å². The number of nitriles is 1. The molecule has 1 atom stereocenters. The Morgan fingerprint density at radius 3 is 2.64 bits per heavy atom. The third-order valence-electron chi connectivity index (χ3n) is 6.66. The van der Waals surface area contributed by atoms with Crippen molar-refractivity contribution < 1.29 is 22.7 Å². The molecule has 3 heterocycles. The average molecular weight is 548 g/mol. The molecule has 1 unspecified atom stereocenters. The molecule has 3 aromatic rings. The van der Waals surface area contributed by atoms with Gasteiger partial charge >= 0.3 is 0 Å². The summed E-state index contributed by atoms with van der Waals surface area (Å²) in [5.41, 5.74) is 2.18. The fourth-order valence-electron chi connectivity index (χ4n) is 4.58. The zero-order valence-electron chi connectivity index (χ0n) is 21.3. The van der Waals surface area contributed by atoms with Crippen LogP contribution in [-0.2, 0) is 24.3 Å². The Balaban J connectivity index is 1.51. The maximum absolute atomic E-state index is 13.3. The minimum absolute atomic E-state index is 0.0542. The molecular weight excluding hydrogens is 518 g/mol. The fraction of sp³-hybridized carbons (Fsp3) is 0.321. The number of carbonyl (C=O) groups excluding carboxylic acids is 1. The molecule has 1 amide bonds. The molecule has 0 aliphatic carbocycles. The van der Waals surface area contributed by atoms with Gasteiger partial charge in [0.05, 0.1) is 29.9 Å². The number of hydrogen-bond acceptors (Lipinski definition) is 7. The van der Waals surface area contributed by atoms with Gasteiger partial charge in [-0.15, -0.1) is 0 Å². The molecule has 5 rings (SSSR count). The van der Waals surface area contributed by atoms with E-state index in [1.165, 1.54) is 10.4 Å². The number of ether oxygens (including phenoxy) is 2. The number of nitrogens with zero attached hydrogens (tertiary/aromatic N) is 4. The van der Waals surface area contributed by atoms with E-state index in [2.05, 4.69) is 5.32 Å². The lowest BCUT2D eigenvalue weighted by atomic mass is 10.1. The van der Waals surface area contributed by atoms with Crippen LogP contribution in [-0.4, -0.2) is 74.0 Å². The molecule has 2 aromatic carbocycles. The lowest BCUT2D eigenvalue weighted by Crippen LogP contribution is -2.40. The highest BCUT2D eigenvalue weighted by Gasteiger charge is 2.27. The lowest BCUT2D eigenvalue weighted by Gasteiger charge is -2.26. The SMILES string of the molecule is N#C/C(=C\c1cn(-c2ccccc2)nc1-c1cccc(S(=O)(=O)N2CCOCC2)c1)C(=O)NCC1CCCO1. The smallest absolute Gasteiger partial charge is 0.262 e. The highest BCUT2D eigenvalue weighted by molar-refractivity contribution is 7.89. The van der Waals surface area contributed by atoms with E-state index in [9.17, 15) is 18.5 Å². The van der Waals surface area contributed by atoms with Crippen LogP contribution in [0.5, 0.6) is 0 Å². The molecule has 2 fully saturated rings. The van der Waals surface area contributed by atoms with Gasteiger partial charge in [0.15, 0.2) is 0 Å². The van der Waals surface area contributed by atoms with Crippen molar-refractivity contribution in [1.82, 2.24) is 19.4 Å². The van der Waals surface area contributed by atoms with E-state index < -0.39 is 15.9 Å². The van der Waals surface area contributed by atoms with Gasteiger partial charge in [-0.05, 0) is 43.2 Å². The van der Waals surface area contributed by atoms with Crippen molar-refractivity contribution >= 4 is 22.0 Å². The predicted octanol–water partition coefficient (Wildman–Crippen LogP) is 2.76. The molecule has 0 bridgehead atoms. The highest BCUT2D eigenvalue weighted by atomic mass is 32.2. The quantitative estimate of drug-likeness (QED) is 0.339. The Morgan fingerprint density at radius 1 is 1.13 bits per heavy atom. The summed E-state index contributed by atoms with van der Waals surface area (Å²) < 4.78 is 40.5. The third-order valence-corrected chi connectivity index (χ3v) is 8.55. The Labute approximate surface area is 227 Å². The van der Waals surface area contributed by atoms with E-state index >= 15 is 0 Å². The molecule has 0 radical (unpaired) electrons. The molecule has 202 valence electrons. The van der Waals surface area contributed by atoms with Gasteiger partial charge < -0.3 is 14.8 Å². The monoisotopic (exact) mass is 547 g/mol. The summed E-state index contributed by atoms with van der Waals surface area (Å²) in [6.45, 7) is 2.27. The van der Waals surface area contributed by atoms with Crippen molar-refractivity contribution in [3.8, 4) is 23.0 Å². The maximum atomic E-state index is 13.3. The summed E-state index contributed by atoms with van der Waals surface area (Å²) in [4.78, 5) is 13.0. The summed E-state index contributed by atoms with van der Waals surface area (Å²) in [5.74, 6) is -0.505. The number of aromatic nitrogens is 2. The van der Waals surface area contributed by atoms with Crippen molar-refractivity contribution in [2.75, 3.05) is 39.5 Å². The number of nitrogens with one attached hydrogen (secondary N) is 1. The molecule has 39 heavy (non-hydrogen) atoms. The van der Waals surface area contributed by atoms with Crippen molar-refractivity contribution in [2.24, 2.45) is 0 Å². The van der Waals surface area contributed by atoms with Gasteiger partial charge in [-0.2, -0.15) is 14.7 Å². The van der Waals surface area contributed by atoms with E-state index in [0.717, 1.165) is 18.5 Å². The number of benzene rings is 2. The van der Waals surface area contributed by atoms with Crippen LogP contribution in [0.2, 0.25) is 0 Å². The lowest BCUT2D eigenvalue weighted by molar-refractivity contribution is -0.117. The molecule has 1 aromatic heterocycles. The van der Waals surface area contributed by atoms with E-state index in [1.54, 1.807) is 35.1 Å². The van der Waals surface area contributed by atoms with Gasteiger partial charge in [-0.1, -0.05) is 30.3 Å². The largest absolute Gasteiger partial charge is 0.379 e. The molecular formula is C28H29N5O5S. The highest BCUT2D eigenvalue weighted by Crippen LogP contribution is 2.29. The zero-order valence-corrected chi connectivity index (χ0v) is 22.1. The molecule has 2 aliphatic heterocycles. The molecule has 10 nitrogen and oxygen atoms in total. The first kappa shape index (κ1) is 26.8. The van der Waals surface area contributed by atoms with E-state index in [1.807, 2.05) is 36.4 Å². The number of carbonyl (C=O) groups is 1. The van der Waals surface area contributed by atoms with Crippen LogP contribution in [0.25, 0.3) is 23.0 Å². The molecule has 0 saturated carbocycles. The number of sulfonamides is 1. The second kappa shape index (κ2) is 11.9.